The molecule has 3 fully saturated rings. The van der Waals surface area contributed by atoms with Crippen LogP contribution >= 0.6 is 0 Å². The van der Waals surface area contributed by atoms with Gasteiger partial charge in [0.15, 0.2) is 5.78 Å². The number of β-amino-alcohol motifs (C(OH)–C–C–N with tert-alkyl or cyclic N) is 1. The summed E-state index contributed by atoms with van der Waals surface area (Å²) < 4.78 is 11.6. The molecule has 41 heavy (non-hydrogen) atoms. The molecular formula is C33H51N3O5. The normalized spacial score (nSPS) is 28.3. The zero-order valence-corrected chi connectivity index (χ0v) is 26.4. The lowest BCUT2D eigenvalue weighted by Crippen LogP contribution is -2.45. The van der Waals surface area contributed by atoms with Crippen LogP contribution in [-0.2, 0) is 14.3 Å². The first-order valence-electron chi connectivity index (χ1n) is 15.1. The topological polar surface area (TPSA) is 101 Å². The number of fused-ring (bicyclic) bond motifs is 1. The molecule has 0 aromatic heterocycles. The molecule has 1 spiro atoms. The van der Waals surface area contributed by atoms with E-state index < -0.39 is 12.1 Å². The van der Waals surface area contributed by atoms with Gasteiger partial charge in [0.1, 0.15) is 11.4 Å². The van der Waals surface area contributed by atoms with E-state index in [1.54, 1.807) is 11.9 Å². The summed E-state index contributed by atoms with van der Waals surface area (Å²) in [5.74, 6) is 2.14. The summed E-state index contributed by atoms with van der Waals surface area (Å²) in [5.41, 5.74) is 2.34. The number of hydrogen-bond acceptors (Lipinski definition) is 7. The third-order valence-electron chi connectivity index (χ3n) is 8.73. The fourth-order valence-corrected chi connectivity index (χ4v) is 5.69. The van der Waals surface area contributed by atoms with Crippen LogP contribution in [0.4, 0.5) is 0 Å². The van der Waals surface area contributed by atoms with Gasteiger partial charge in [-0.3, -0.25) is 9.59 Å². The van der Waals surface area contributed by atoms with Gasteiger partial charge in [-0.2, -0.15) is 10.2 Å². The Morgan fingerprint density at radius 3 is 2.44 bits per heavy atom. The number of carbonyl (C=O) groups excluding carboxylic acids is 2. The fourth-order valence-electron chi connectivity index (χ4n) is 5.69. The molecule has 1 aromatic carbocycles. The highest BCUT2D eigenvalue weighted by molar-refractivity contribution is 5.89. The minimum atomic E-state index is -0.569. The number of aliphatic hydroxyl groups is 1. The van der Waals surface area contributed by atoms with E-state index in [9.17, 15) is 14.7 Å². The number of benzene rings is 1. The second kappa shape index (κ2) is 14.1. The predicted octanol–water partition coefficient (Wildman–Crippen LogP) is 6.33. The Balaban J connectivity index is 0.000000177. The monoisotopic (exact) mass is 569 g/mol. The number of ether oxygens (including phenoxy) is 2. The first-order valence-corrected chi connectivity index (χ1v) is 15.1. The van der Waals surface area contributed by atoms with Crippen LogP contribution in [0.2, 0.25) is 0 Å². The zero-order chi connectivity index (χ0) is 30.4. The number of hydrogen-bond donors (Lipinski definition) is 1. The second-order valence-corrected chi connectivity index (χ2v) is 13.1. The van der Waals surface area contributed by atoms with Gasteiger partial charge in [-0.1, -0.05) is 58.9 Å². The summed E-state index contributed by atoms with van der Waals surface area (Å²) >= 11 is 0. The summed E-state index contributed by atoms with van der Waals surface area (Å²) in [6.07, 6.45) is 6.58. The number of para-hydroxylation sites is 1. The number of Topliss-reactive ketones (excluding diaryl/α,β-unsaturated/α-hetero) is 1. The molecule has 5 rings (SSSR count). The van der Waals surface area contributed by atoms with Gasteiger partial charge in [-0.15, -0.1) is 0 Å². The quantitative estimate of drug-likeness (QED) is 0.427. The van der Waals surface area contributed by atoms with Crippen LogP contribution in [0.3, 0.4) is 0 Å². The van der Waals surface area contributed by atoms with E-state index in [2.05, 4.69) is 35.4 Å². The molecule has 1 saturated carbocycles. The van der Waals surface area contributed by atoms with E-state index in [0.29, 0.717) is 12.3 Å². The van der Waals surface area contributed by atoms with E-state index in [0.717, 1.165) is 43.4 Å². The number of allylic oxidation sites excluding steroid dienone is 2. The van der Waals surface area contributed by atoms with Crippen molar-refractivity contribution in [3.8, 4) is 5.75 Å². The van der Waals surface area contributed by atoms with Gasteiger partial charge in [-0.05, 0) is 56.1 Å². The molecule has 4 aliphatic rings. The van der Waals surface area contributed by atoms with Crippen LogP contribution in [-0.4, -0.2) is 66.2 Å². The highest BCUT2D eigenvalue weighted by Gasteiger charge is 2.43. The lowest BCUT2D eigenvalue weighted by molar-refractivity contribution is -0.142. The molecule has 2 saturated heterocycles. The summed E-state index contributed by atoms with van der Waals surface area (Å²) in [6, 6.07) is 7.93. The van der Waals surface area contributed by atoms with Crippen molar-refractivity contribution < 1.29 is 24.2 Å². The average Bonchev–Trinajstić information content (AvgIpc) is 3.55. The third kappa shape index (κ3) is 8.71. The number of nitrogens with zero attached hydrogens (tertiary/aromatic N) is 3. The molecule has 1 aliphatic carbocycles. The predicted molar refractivity (Wildman–Crippen MR) is 161 cm³/mol. The van der Waals surface area contributed by atoms with Crippen molar-refractivity contribution in [3.05, 3.63) is 41.6 Å². The van der Waals surface area contributed by atoms with Crippen molar-refractivity contribution in [3.63, 3.8) is 0 Å². The lowest BCUT2D eigenvalue weighted by atomic mass is 9.81. The Kier molecular flexibility index (Phi) is 11.3. The van der Waals surface area contributed by atoms with Crippen LogP contribution in [0.25, 0.3) is 0 Å². The number of likely N-dealkylation sites (tertiary alicyclic amines) is 1. The summed E-state index contributed by atoms with van der Waals surface area (Å²) in [7, 11) is 1.71. The summed E-state index contributed by atoms with van der Waals surface area (Å²) in [5, 5.41) is 17.3. The standard InChI is InChI=1S/C13H23NO3.C13H16O2.C7H12N2/c1-8(13(3,4)5)12(17)14-7-10(16)6-11(14)9(2)15;1-10-8-13(6-7-14-9-13)15-12-5-3-2-4-11(10)12;1-3-7(9-8-2)6-4-5-6/h8,10-11,16H,6-7H2,1-5H3;2-5,10H,6-9H2,1H3;3,6H,4-5H2,1-2H3/b;;7-3-,9-8?. The molecule has 228 valence electrons. The van der Waals surface area contributed by atoms with Gasteiger partial charge in [0.05, 0.1) is 31.1 Å². The fraction of sp³-hybridized carbons (Fsp3) is 0.697. The van der Waals surface area contributed by atoms with E-state index in [1.165, 1.54) is 25.3 Å². The molecule has 1 aromatic rings. The Morgan fingerprint density at radius 2 is 1.90 bits per heavy atom. The molecule has 0 bridgehead atoms. The highest BCUT2D eigenvalue weighted by atomic mass is 16.6. The number of amides is 1. The second-order valence-electron chi connectivity index (χ2n) is 13.1. The van der Waals surface area contributed by atoms with Crippen molar-refractivity contribution in [2.45, 2.75) is 104 Å². The van der Waals surface area contributed by atoms with Crippen molar-refractivity contribution >= 4 is 11.7 Å². The minimum Gasteiger partial charge on any atom is -0.484 e. The summed E-state index contributed by atoms with van der Waals surface area (Å²) in [6.45, 7) is 15.5. The van der Waals surface area contributed by atoms with Crippen LogP contribution < -0.4 is 4.74 Å². The smallest absolute Gasteiger partial charge is 0.226 e. The molecule has 8 heteroatoms. The van der Waals surface area contributed by atoms with E-state index in [4.69, 9.17) is 9.47 Å². The molecule has 8 nitrogen and oxygen atoms in total. The molecular weight excluding hydrogens is 518 g/mol. The van der Waals surface area contributed by atoms with Crippen molar-refractivity contribution in [1.82, 2.24) is 4.90 Å². The van der Waals surface area contributed by atoms with Gasteiger partial charge in [0, 0.05) is 38.3 Å². The largest absolute Gasteiger partial charge is 0.484 e. The minimum absolute atomic E-state index is 0.0331. The Morgan fingerprint density at radius 1 is 1.22 bits per heavy atom. The first-order chi connectivity index (χ1) is 19.3. The highest BCUT2D eigenvalue weighted by Crippen LogP contribution is 2.43. The number of carbonyl (C=O) groups is 2. The Bertz CT molecular complexity index is 1100. The number of rotatable bonds is 4. The molecule has 1 N–H and O–H groups in total. The van der Waals surface area contributed by atoms with E-state index in [1.807, 2.05) is 46.8 Å². The van der Waals surface area contributed by atoms with Crippen LogP contribution in [0.1, 0.15) is 92.1 Å². The van der Waals surface area contributed by atoms with Crippen LogP contribution in [0.5, 0.6) is 5.75 Å². The van der Waals surface area contributed by atoms with Gasteiger partial charge in [0.25, 0.3) is 0 Å². The third-order valence-corrected chi connectivity index (χ3v) is 8.73. The van der Waals surface area contributed by atoms with Gasteiger partial charge < -0.3 is 19.5 Å². The molecule has 1 amide bonds. The first kappa shape index (κ1) is 32.9. The number of aliphatic hydroxyl groups excluding tert-OH is 1. The Labute approximate surface area is 246 Å². The maximum atomic E-state index is 12.3. The number of ketones is 1. The van der Waals surface area contributed by atoms with Gasteiger partial charge in [-0.25, -0.2) is 0 Å². The SMILES string of the molecule is C/C=C(\N=NC)C1CC1.CC(=O)C1CC(O)CN1C(=O)C(C)C(C)(C)C.CC1CC2(CCOC2)Oc2ccccc21. The van der Waals surface area contributed by atoms with Crippen molar-refractivity contribution in [2.75, 3.05) is 26.8 Å². The van der Waals surface area contributed by atoms with Crippen LogP contribution in [0, 0.1) is 17.3 Å². The van der Waals surface area contributed by atoms with Crippen molar-refractivity contribution in [2.24, 2.45) is 27.5 Å². The molecule has 3 heterocycles. The zero-order valence-electron chi connectivity index (χ0n) is 26.4. The maximum absolute atomic E-state index is 12.3. The Hall–Kier alpha value is -2.58. The maximum Gasteiger partial charge on any atom is 0.226 e. The molecule has 0 radical (unpaired) electrons. The van der Waals surface area contributed by atoms with E-state index in [-0.39, 0.29) is 35.2 Å². The van der Waals surface area contributed by atoms with Crippen molar-refractivity contribution in [1.29, 1.82) is 0 Å². The average molecular weight is 570 g/mol. The van der Waals surface area contributed by atoms with Gasteiger partial charge in [0.2, 0.25) is 5.91 Å². The van der Waals surface area contributed by atoms with Gasteiger partial charge >= 0.3 is 0 Å². The molecule has 3 aliphatic heterocycles. The van der Waals surface area contributed by atoms with E-state index >= 15 is 0 Å². The summed E-state index contributed by atoms with van der Waals surface area (Å²) in [4.78, 5) is 25.3. The molecule has 5 atom stereocenters. The molecule has 5 unspecified atom stereocenters. The lowest BCUT2D eigenvalue weighted by Gasteiger charge is -2.37. The van der Waals surface area contributed by atoms with Crippen LogP contribution in [0.15, 0.2) is 46.3 Å². The number of azo groups is 1.